The van der Waals surface area contributed by atoms with Gasteiger partial charge in [-0.25, -0.2) is 0 Å². The molecule has 172 valence electrons. The fourth-order valence-electron chi connectivity index (χ4n) is 4.77. The molecule has 1 aliphatic heterocycles. The average Bonchev–Trinajstić information content (AvgIpc) is 3.27. The van der Waals surface area contributed by atoms with Gasteiger partial charge in [0.05, 0.1) is 24.2 Å². The number of likely N-dealkylation sites (tertiary alicyclic amines) is 1. The number of piperidine rings is 1. The molecule has 1 fully saturated rings. The third kappa shape index (κ3) is 4.66. The largest absolute Gasteiger partial charge is 0.506 e. The maximum Gasteiger partial charge on any atom is 0.139 e. The van der Waals surface area contributed by atoms with E-state index < -0.39 is 6.10 Å². The number of para-hydroxylation sites is 1. The number of β-amino-alcohol motifs (C(OH)–C–C–N with tert-alkyl or cyclic N) is 1. The van der Waals surface area contributed by atoms with Crippen LogP contribution < -0.4 is 10.1 Å². The molecule has 1 aliphatic rings. The average molecular weight is 447 g/mol. The molecule has 7 heteroatoms. The lowest BCUT2D eigenvalue weighted by atomic mass is 10.0. The van der Waals surface area contributed by atoms with Crippen molar-refractivity contribution in [3.8, 4) is 11.5 Å². The smallest absolute Gasteiger partial charge is 0.139 e. The van der Waals surface area contributed by atoms with Crippen molar-refractivity contribution in [2.75, 3.05) is 26.7 Å². The SMILES string of the molecule is COc1ccc2nccc([C@@H](O)CN3CCC(NCc4cc5cccc(O)c5[nH]4)CC3)c2c1. The van der Waals surface area contributed by atoms with Crippen LogP contribution in [-0.2, 0) is 6.54 Å². The van der Waals surface area contributed by atoms with Crippen molar-refractivity contribution in [3.63, 3.8) is 0 Å². The molecule has 2 aromatic carbocycles. The van der Waals surface area contributed by atoms with Crippen LogP contribution in [0, 0.1) is 0 Å². The number of aliphatic hydroxyl groups excluding tert-OH is 1. The normalized spacial score (nSPS) is 16.4. The molecule has 4 aromatic rings. The van der Waals surface area contributed by atoms with Crippen LogP contribution in [0.3, 0.4) is 0 Å². The number of aromatic amines is 1. The van der Waals surface area contributed by atoms with Crippen LogP contribution in [0.4, 0.5) is 0 Å². The van der Waals surface area contributed by atoms with E-state index in [4.69, 9.17) is 4.74 Å². The van der Waals surface area contributed by atoms with Gasteiger partial charge in [-0.15, -0.1) is 0 Å². The number of methoxy groups -OCH3 is 1. The Labute approximate surface area is 193 Å². The molecular formula is C26H30N4O3. The van der Waals surface area contributed by atoms with Gasteiger partial charge in [-0.05, 0) is 67.9 Å². The minimum Gasteiger partial charge on any atom is -0.506 e. The first-order valence-corrected chi connectivity index (χ1v) is 11.5. The molecular weight excluding hydrogens is 416 g/mol. The number of nitrogens with one attached hydrogen (secondary N) is 2. The number of H-pyrrole nitrogens is 1. The molecule has 0 radical (unpaired) electrons. The number of aromatic hydroxyl groups is 1. The highest BCUT2D eigenvalue weighted by molar-refractivity contribution is 5.86. The van der Waals surface area contributed by atoms with Gasteiger partial charge in [0.2, 0.25) is 0 Å². The van der Waals surface area contributed by atoms with E-state index in [1.165, 1.54) is 0 Å². The Morgan fingerprint density at radius 1 is 1.18 bits per heavy atom. The van der Waals surface area contributed by atoms with Crippen LogP contribution in [0.2, 0.25) is 0 Å². The predicted octanol–water partition coefficient (Wildman–Crippen LogP) is 3.72. The number of nitrogens with zero attached hydrogens (tertiary/aromatic N) is 2. The maximum absolute atomic E-state index is 11.0. The van der Waals surface area contributed by atoms with E-state index in [9.17, 15) is 10.2 Å². The van der Waals surface area contributed by atoms with Crippen LogP contribution >= 0.6 is 0 Å². The van der Waals surface area contributed by atoms with Crippen molar-refractivity contribution in [2.45, 2.75) is 31.5 Å². The summed E-state index contributed by atoms with van der Waals surface area (Å²) in [4.78, 5) is 10.1. The van der Waals surface area contributed by atoms with E-state index in [2.05, 4.69) is 26.3 Å². The highest BCUT2D eigenvalue weighted by Gasteiger charge is 2.22. The first-order chi connectivity index (χ1) is 16.1. The number of benzene rings is 2. The number of rotatable bonds is 7. The zero-order valence-corrected chi connectivity index (χ0v) is 18.8. The first-order valence-electron chi connectivity index (χ1n) is 11.5. The summed E-state index contributed by atoms with van der Waals surface area (Å²) in [6.45, 7) is 3.22. The van der Waals surface area contributed by atoms with Gasteiger partial charge in [0.25, 0.3) is 0 Å². The Morgan fingerprint density at radius 3 is 2.82 bits per heavy atom. The number of pyridine rings is 1. The van der Waals surface area contributed by atoms with E-state index in [1.54, 1.807) is 19.4 Å². The van der Waals surface area contributed by atoms with Gasteiger partial charge in [0.15, 0.2) is 0 Å². The number of hydrogen-bond donors (Lipinski definition) is 4. The van der Waals surface area contributed by atoms with Crippen LogP contribution in [0.1, 0.15) is 30.2 Å². The van der Waals surface area contributed by atoms with Gasteiger partial charge < -0.3 is 30.2 Å². The van der Waals surface area contributed by atoms with E-state index in [-0.39, 0.29) is 5.75 Å². The molecule has 2 aromatic heterocycles. The molecule has 0 spiro atoms. The topological polar surface area (TPSA) is 93.6 Å². The summed E-state index contributed by atoms with van der Waals surface area (Å²) < 4.78 is 5.36. The number of fused-ring (bicyclic) bond motifs is 2. The van der Waals surface area contributed by atoms with Crippen LogP contribution in [0.25, 0.3) is 21.8 Å². The highest BCUT2D eigenvalue weighted by Crippen LogP contribution is 2.28. The summed E-state index contributed by atoms with van der Waals surface area (Å²) in [5, 5.41) is 26.6. The second kappa shape index (κ2) is 9.39. The lowest BCUT2D eigenvalue weighted by Gasteiger charge is -2.33. The number of aliphatic hydroxyl groups is 1. The van der Waals surface area contributed by atoms with Crippen molar-refractivity contribution in [1.82, 2.24) is 20.2 Å². The highest BCUT2D eigenvalue weighted by atomic mass is 16.5. The van der Waals surface area contributed by atoms with Gasteiger partial charge in [0.1, 0.15) is 11.5 Å². The summed E-state index contributed by atoms with van der Waals surface area (Å²) in [7, 11) is 1.65. The van der Waals surface area contributed by atoms with E-state index >= 15 is 0 Å². The molecule has 7 nitrogen and oxygen atoms in total. The predicted molar refractivity (Wildman–Crippen MR) is 130 cm³/mol. The Balaban J connectivity index is 1.16. The number of phenols is 1. The van der Waals surface area contributed by atoms with Gasteiger partial charge in [-0.3, -0.25) is 4.98 Å². The maximum atomic E-state index is 11.0. The monoisotopic (exact) mass is 446 g/mol. The Morgan fingerprint density at radius 2 is 2.03 bits per heavy atom. The number of aromatic nitrogens is 2. The Bertz CT molecular complexity index is 1250. The molecule has 5 rings (SSSR count). The van der Waals surface area contributed by atoms with E-state index in [0.717, 1.165) is 71.3 Å². The third-order valence-corrected chi connectivity index (χ3v) is 6.63. The second-order valence-corrected chi connectivity index (χ2v) is 8.79. The summed E-state index contributed by atoms with van der Waals surface area (Å²) >= 11 is 0. The van der Waals surface area contributed by atoms with Gasteiger partial charge >= 0.3 is 0 Å². The molecule has 0 saturated carbocycles. The summed E-state index contributed by atoms with van der Waals surface area (Å²) in [5.74, 6) is 1.05. The van der Waals surface area contributed by atoms with Crippen molar-refractivity contribution < 1.29 is 14.9 Å². The quantitative estimate of drug-likeness (QED) is 0.346. The lowest BCUT2D eigenvalue weighted by molar-refractivity contribution is 0.0948. The zero-order chi connectivity index (χ0) is 22.8. The summed E-state index contributed by atoms with van der Waals surface area (Å²) in [5.41, 5.74) is 3.62. The molecule has 0 aliphatic carbocycles. The lowest BCUT2D eigenvalue weighted by Crippen LogP contribution is -2.43. The molecule has 3 heterocycles. The number of hydrogen-bond acceptors (Lipinski definition) is 6. The minimum atomic E-state index is -0.578. The molecule has 0 amide bonds. The Kier molecular flexibility index (Phi) is 6.17. The third-order valence-electron chi connectivity index (χ3n) is 6.63. The van der Waals surface area contributed by atoms with Crippen LogP contribution in [0.15, 0.2) is 54.7 Å². The van der Waals surface area contributed by atoms with Crippen molar-refractivity contribution >= 4 is 21.8 Å². The molecule has 1 saturated heterocycles. The molecule has 4 N–H and O–H groups in total. The van der Waals surface area contributed by atoms with Gasteiger partial charge in [-0.1, -0.05) is 12.1 Å². The van der Waals surface area contributed by atoms with E-state index in [1.807, 2.05) is 36.4 Å². The molecule has 1 atom stereocenters. The van der Waals surface area contributed by atoms with E-state index in [0.29, 0.717) is 12.6 Å². The first kappa shape index (κ1) is 21.7. The summed E-state index contributed by atoms with van der Waals surface area (Å²) in [6, 6.07) is 15.7. The van der Waals surface area contributed by atoms with Crippen LogP contribution in [-0.4, -0.2) is 57.9 Å². The van der Waals surface area contributed by atoms with Crippen molar-refractivity contribution in [2.24, 2.45) is 0 Å². The Hall–Kier alpha value is -3.13. The minimum absolute atomic E-state index is 0.283. The zero-order valence-electron chi connectivity index (χ0n) is 18.8. The van der Waals surface area contributed by atoms with Crippen LogP contribution in [0.5, 0.6) is 11.5 Å². The molecule has 33 heavy (non-hydrogen) atoms. The van der Waals surface area contributed by atoms with Gasteiger partial charge in [0, 0.05) is 41.8 Å². The fraction of sp³-hybridized carbons (Fsp3) is 0.346. The van der Waals surface area contributed by atoms with Gasteiger partial charge in [-0.2, -0.15) is 0 Å². The molecule has 0 unspecified atom stereocenters. The summed E-state index contributed by atoms with van der Waals surface area (Å²) in [6.07, 6.45) is 3.24. The molecule has 0 bridgehead atoms. The van der Waals surface area contributed by atoms with Crippen molar-refractivity contribution in [3.05, 3.63) is 66.0 Å². The standard InChI is InChI=1S/C26H30N4O3/c1-33-20-5-6-23-22(14-20)21(7-10-27-23)25(32)16-30-11-8-18(9-12-30)28-15-19-13-17-3-2-4-24(31)26(17)29-19/h2-7,10,13-14,18,25,28-29,31-32H,8-9,11-12,15-16H2,1H3/t25-/m0/s1. The second-order valence-electron chi connectivity index (χ2n) is 8.79. The fourth-order valence-corrected chi connectivity index (χ4v) is 4.77. The number of ether oxygens (including phenoxy) is 1. The van der Waals surface area contributed by atoms with Crippen molar-refractivity contribution in [1.29, 1.82) is 0 Å². The number of phenolic OH excluding ortho intramolecular Hbond substituents is 1.